The van der Waals surface area contributed by atoms with E-state index in [2.05, 4.69) is 0 Å². The monoisotopic (exact) mass is 197 g/mol. The van der Waals surface area contributed by atoms with Gasteiger partial charge in [0.05, 0.1) is 0 Å². The number of hydrogen-bond donors (Lipinski definition) is 0. The molecule has 0 heterocycles. The number of allylic oxidation sites excluding steroid dienone is 1. The molecule has 0 saturated heterocycles. The van der Waals surface area contributed by atoms with E-state index in [1.807, 2.05) is 12.1 Å². The number of benzene rings is 1. The fourth-order valence-corrected chi connectivity index (χ4v) is 1.36. The van der Waals surface area contributed by atoms with Gasteiger partial charge in [-0.3, -0.25) is 0 Å². The third-order valence-corrected chi connectivity index (χ3v) is 1.97. The van der Waals surface area contributed by atoms with Crippen molar-refractivity contribution in [2.75, 3.05) is 0 Å². The molecule has 0 fully saturated rings. The second kappa shape index (κ2) is 5.03. The van der Waals surface area contributed by atoms with E-state index in [0.717, 1.165) is 5.56 Å². The standard InChI is InChI=1S/C11H11ClF/c1-2-4-11(13)8-9-5-3-6-10(12)7-9/h1-3,5-7,11H,4,8H2. The highest BCUT2D eigenvalue weighted by Crippen LogP contribution is 2.14. The first-order valence-electron chi connectivity index (χ1n) is 4.14. The van der Waals surface area contributed by atoms with E-state index in [-0.39, 0.29) is 6.42 Å². The smallest absolute Gasteiger partial charge is 0.108 e. The van der Waals surface area contributed by atoms with Gasteiger partial charge in [-0.25, -0.2) is 4.39 Å². The summed E-state index contributed by atoms with van der Waals surface area (Å²) in [6, 6.07) is 7.21. The van der Waals surface area contributed by atoms with Crippen LogP contribution < -0.4 is 0 Å². The maximum absolute atomic E-state index is 13.1. The predicted molar refractivity (Wildman–Crippen MR) is 53.5 cm³/mol. The van der Waals surface area contributed by atoms with Gasteiger partial charge in [0.2, 0.25) is 0 Å². The highest BCUT2D eigenvalue weighted by Gasteiger charge is 2.05. The van der Waals surface area contributed by atoms with Crippen molar-refractivity contribution in [3.8, 4) is 0 Å². The van der Waals surface area contributed by atoms with Crippen LogP contribution in [0, 0.1) is 6.58 Å². The molecule has 0 spiro atoms. The molecule has 0 saturated carbocycles. The molecule has 1 aromatic rings. The van der Waals surface area contributed by atoms with Gasteiger partial charge in [-0.2, -0.15) is 0 Å². The molecule has 13 heavy (non-hydrogen) atoms. The van der Waals surface area contributed by atoms with Gasteiger partial charge in [-0.05, 0) is 24.1 Å². The van der Waals surface area contributed by atoms with Gasteiger partial charge < -0.3 is 0 Å². The lowest BCUT2D eigenvalue weighted by Gasteiger charge is -2.05. The van der Waals surface area contributed by atoms with E-state index in [0.29, 0.717) is 11.4 Å². The molecule has 0 aromatic heterocycles. The summed E-state index contributed by atoms with van der Waals surface area (Å²) >= 11 is 5.75. The largest absolute Gasteiger partial charge is 0.247 e. The first-order valence-corrected chi connectivity index (χ1v) is 4.52. The van der Waals surface area contributed by atoms with Crippen LogP contribution >= 0.6 is 11.6 Å². The lowest BCUT2D eigenvalue weighted by molar-refractivity contribution is 0.335. The zero-order valence-electron chi connectivity index (χ0n) is 7.21. The van der Waals surface area contributed by atoms with Crippen LogP contribution in [0.25, 0.3) is 0 Å². The van der Waals surface area contributed by atoms with E-state index in [1.54, 1.807) is 12.1 Å². The quantitative estimate of drug-likeness (QED) is 0.692. The summed E-state index contributed by atoms with van der Waals surface area (Å²) in [5.41, 5.74) is 0.904. The Balaban J connectivity index is 2.58. The van der Waals surface area contributed by atoms with Crippen molar-refractivity contribution in [2.24, 2.45) is 0 Å². The highest BCUT2D eigenvalue weighted by atomic mass is 35.5. The minimum atomic E-state index is -0.913. The summed E-state index contributed by atoms with van der Waals surface area (Å²) in [4.78, 5) is 0. The Morgan fingerprint density at radius 1 is 1.54 bits per heavy atom. The molecule has 0 N–H and O–H groups in total. The van der Waals surface area contributed by atoms with E-state index in [4.69, 9.17) is 18.2 Å². The lowest BCUT2D eigenvalue weighted by Crippen LogP contribution is -2.02. The Bertz CT molecular complexity index is 283. The molecule has 1 atom stereocenters. The van der Waals surface area contributed by atoms with Crippen molar-refractivity contribution in [3.63, 3.8) is 0 Å². The molecule has 0 aliphatic carbocycles. The zero-order chi connectivity index (χ0) is 9.68. The van der Waals surface area contributed by atoms with Gasteiger partial charge in [0.15, 0.2) is 0 Å². The fourth-order valence-electron chi connectivity index (χ4n) is 1.15. The normalized spacial score (nSPS) is 12.5. The molecular weight excluding hydrogens is 187 g/mol. The summed E-state index contributed by atoms with van der Waals surface area (Å²) in [6.45, 7) is 5.12. The molecule has 0 aliphatic rings. The second-order valence-electron chi connectivity index (χ2n) is 2.90. The molecule has 0 aliphatic heterocycles. The van der Waals surface area contributed by atoms with Crippen molar-refractivity contribution in [1.82, 2.24) is 0 Å². The molecule has 0 bridgehead atoms. The number of hydrogen-bond acceptors (Lipinski definition) is 0. The summed E-state index contributed by atoms with van der Waals surface area (Å²) in [6.07, 6.45) is 1.08. The molecule has 0 amide bonds. The highest BCUT2D eigenvalue weighted by molar-refractivity contribution is 6.30. The van der Waals surface area contributed by atoms with Crippen LogP contribution in [0.2, 0.25) is 5.02 Å². The van der Waals surface area contributed by atoms with Crippen molar-refractivity contribution in [3.05, 3.63) is 47.5 Å². The third kappa shape index (κ3) is 3.60. The Labute approximate surface area is 83.0 Å². The minimum Gasteiger partial charge on any atom is -0.247 e. The van der Waals surface area contributed by atoms with Crippen LogP contribution in [0.1, 0.15) is 12.0 Å². The predicted octanol–water partition coefficient (Wildman–Crippen LogP) is 3.60. The zero-order valence-corrected chi connectivity index (χ0v) is 7.97. The SMILES string of the molecule is [CH]=CCC(F)Cc1cccc(Cl)c1. The molecular formula is C11H11ClF. The molecule has 1 aromatic carbocycles. The van der Waals surface area contributed by atoms with Gasteiger partial charge in [-0.15, -0.1) is 0 Å². The van der Waals surface area contributed by atoms with Gasteiger partial charge in [0, 0.05) is 11.4 Å². The van der Waals surface area contributed by atoms with Crippen LogP contribution in [-0.4, -0.2) is 6.17 Å². The van der Waals surface area contributed by atoms with E-state index in [1.165, 1.54) is 6.08 Å². The first-order chi connectivity index (χ1) is 6.22. The first kappa shape index (κ1) is 10.3. The summed E-state index contributed by atoms with van der Waals surface area (Å²) < 4.78 is 13.1. The molecule has 1 radical (unpaired) electrons. The topological polar surface area (TPSA) is 0 Å². The molecule has 69 valence electrons. The Hall–Kier alpha value is -0.820. The van der Waals surface area contributed by atoms with Crippen LogP contribution in [0.5, 0.6) is 0 Å². The number of rotatable bonds is 4. The van der Waals surface area contributed by atoms with Crippen molar-refractivity contribution in [1.29, 1.82) is 0 Å². The average Bonchev–Trinajstić information content (AvgIpc) is 2.04. The van der Waals surface area contributed by atoms with Crippen LogP contribution in [0.3, 0.4) is 0 Å². The molecule has 1 rings (SSSR count). The van der Waals surface area contributed by atoms with Gasteiger partial charge in [-0.1, -0.05) is 36.4 Å². The fraction of sp³-hybridized carbons (Fsp3) is 0.273. The Morgan fingerprint density at radius 2 is 2.31 bits per heavy atom. The summed E-state index contributed by atoms with van der Waals surface area (Å²) in [5.74, 6) is 0. The van der Waals surface area contributed by atoms with Crippen molar-refractivity contribution >= 4 is 11.6 Å². The molecule has 0 nitrogen and oxygen atoms in total. The Morgan fingerprint density at radius 3 is 2.92 bits per heavy atom. The maximum Gasteiger partial charge on any atom is 0.108 e. The van der Waals surface area contributed by atoms with Crippen LogP contribution in [0.4, 0.5) is 4.39 Å². The van der Waals surface area contributed by atoms with E-state index in [9.17, 15) is 4.39 Å². The third-order valence-electron chi connectivity index (χ3n) is 1.74. The van der Waals surface area contributed by atoms with Gasteiger partial charge >= 0.3 is 0 Å². The number of alkyl halides is 1. The van der Waals surface area contributed by atoms with E-state index < -0.39 is 6.17 Å². The molecule has 1 unspecified atom stereocenters. The van der Waals surface area contributed by atoms with Crippen LogP contribution in [0.15, 0.2) is 30.3 Å². The summed E-state index contributed by atoms with van der Waals surface area (Å²) in [5, 5.41) is 0.640. The summed E-state index contributed by atoms with van der Waals surface area (Å²) in [7, 11) is 0. The Kier molecular flexibility index (Phi) is 3.97. The van der Waals surface area contributed by atoms with Crippen LogP contribution in [-0.2, 0) is 6.42 Å². The van der Waals surface area contributed by atoms with Crippen molar-refractivity contribution in [2.45, 2.75) is 19.0 Å². The molecule has 2 heteroatoms. The van der Waals surface area contributed by atoms with Crippen molar-refractivity contribution < 1.29 is 4.39 Å². The van der Waals surface area contributed by atoms with E-state index >= 15 is 0 Å². The number of halogens is 2. The average molecular weight is 198 g/mol. The lowest BCUT2D eigenvalue weighted by atomic mass is 10.1. The minimum absolute atomic E-state index is 0.284. The van der Waals surface area contributed by atoms with Gasteiger partial charge in [0.1, 0.15) is 6.17 Å². The second-order valence-corrected chi connectivity index (χ2v) is 3.34. The van der Waals surface area contributed by atoms with Gasteiger partial charge in [0.25, 0.3) is 0 Å². The maximum atomic E-state index is 13.1.